The quantitative estimate of drug-likeness (QED) is 0.685. The number of pyridine rings is 1. The second-order valence-electron chi connectivity index (χ2n) is 6.06. The van der Waals surface area contributed by atoms with Crippen molar-refractivity contribution in [3.63, 3.8) is 0 Å². The number of hydrogen-bond acceptors (Lipinski definition) is 6. The Labute approximate surface area is 162 Å². The van der Waals surface area contributed by atoms with E-state index in [2.05, 4.69) is 10.1 Å². The third-order valence-corrected chi connectivity index (χ3v) is 4.12. The molecule has 2 aromatic rings. The lowest BCUT2D eigenvalue weighted by Gasteiger charge is -2.14. The number of aryl methyl sites for hydroxylation is 2. The summed E-state index contributed by atoms with van der Waals surface area (Å²) >= 11 is 0. The number of aliphatic carboxylic acids is 1. The number of rotatable bonds is 4. The van der Waals surface area contributed by atoms with E-state index in [4.69, 9.17) is 20.9 Å². The number of carbonyl (C=O) groups is 2. The lowest BCUT2D eigenvalue weighted by Crippen LogP contribution is -2.21. The molecule has 0 fully saturated rings. The summed E-state index contributed by atoms with van der Waals surface area (Å²) in [4.78, 5) is 24.6. The molecule has 2 aromatic heterocycles. The van der Waals surface area contributed by atoms with Crippen LogP contribution in [0.5, 0.6) is 0 Å². The fourth-order valence-corrected chi connectivity index (χ4v) is 2.80. The van der Waals surface area contributed by atoms with E-state index in [0.717, 1.165) is 23.1 Å². The van der Waals surface area contributed by atoms with Crippen molar-refractivity contribution in [1.82, 2.24) is 14.8 Å². The first-order chi connectivity index (χ1) is 13.6. The van der Waals surface area contributed by atoms with E-state index in [1.165, 1.54) is 4.68 Å². The second kappa shape index (κ2) is 8.70. The van der Waals surface area contributed by atoms with E-state index in [9.17, 15) is 23.1 Å². The van der Waals surface area contributed by atoms with Gasteiger partial charge >= 0.3 is 18.1 Å². The number of aromatic nitrogens is 3. The average Bonchev–Trinajstić information content (AvgIpc) is 3.05. The molecule has 0 saturated heterocycles. The third kappa shape index (κ3) is 5.08. The zero-order chi connectivity index (χ0) is 21.8. The van der Waals surface area contributed by atoms with Gasteiger partial charge in [-0.25, -0.2) is 9.59 Å². The van der Waals surface area contributed by atoms with Crippen molar-refractivity contribution < 1.29 is 33.0 Å². The summed E-state index contributed by atoms with van der Waals surface area (Å²) in [5.41, 5.74) is 9.24. The van der Waals surface area contributed by atoms with Crippen molar-refractivity contribution in [2.45, 2.75) is 38.0 Å². The summed E-state index contributed by atoms with van der Waals surface area (Å²) in [6.45, 7) is 0.309. The average molecular weight is 411 g/mol. The summed E-state index contributed by atoms with van der Waals surface area (Å²) in [5.74, 6) is -3.76. The van der Waals surface area contributed by atoms with Crippen molar-refractivity contribution in [3.8, 4) is 17.3 Å². The number of nitriles is 1. The van der Waals surface area contributed by atoms with E-state index in [1.807, 2.05) is 12.1 Å². The molecule has 0 aliphatic heterocycles. The van der Waals surface area contributed by atoms with Gasteiger partial charge in [-0.15, -0.1) is 0 Å². The lowest BCUT2D eigenvalue weighted by molar-refractivity contribution is -0.192. The molecule has 2 heterocycles. The minimum atomic E-state index is -5.08. The molecule has 4 N–H and O–H groups in total. The summed E-state index contributed by atoms with van der Waals surface area (Å²) in [6, 6.07) is 3.18. The summed E-state index contributed by atoms with van der Waals surface area (Å²) < 4.78 is 33.2. The van der Waals surface area contributed by atoms with Crippen LogP contribution in [0.1, 0.15) is 28.0 Å². The van der Waals surface area contributed by atoms with E-state index in [-0.39, 0.29) is 5.69 Å². The number of carboxylic acid groups (broad SMARTS) is 2. The van der Waals surface area contributed by atoms with Crippen molar-refractivity contribution in [2.24, 2.45) is 5.73 Å². The smallest absolute Gasteiger partial charge is 0.477 e. The molecule has 1 atom stereocenters. The van der Waals surface area contributed by atoms with Crippen LogP contribution in [0.15, 0.2) is 18.5 Å². The first-order valence-corrected chi connectivity index (χ1v) is 8.27. The van der Waals surface area contributed by atoms with Crippen LogP contribution < -0.4 is 5.73 Å². The fraction of sp³-hybridized carbons (Fsp3) is 0.353. The fourth-order valence-electron chi connectivity index (χ4n) is 2.80. The summed E-state index contributed by atoms with van der Waals surface area (Å²) in [6.07, 6.45) is 0.128. The first kappa shape index (κ1) is 21.8. The highest BCUT2D eigenvalue weighted by atomic mass is 19.4. The monoisotopic (exact) mass is 411 g/mol. The zero-order valence-corrected chi connectivity index (χ0v) is 14.8. The Morgan fingerprint density at radius 1 is 1.34 bits per heavy atom. The van der Waals surface area contributed by atoms with Crippen molar-refractivity contribution >= 4 is 11.9 Å². The number of aromatic carboxylic acids is 1. The Balaban J connectivity index is 0.000000370. The molecular weight excluding hydrogens is 395 g/mol. The van der Waals surface area contributed by atoms with Gasteiger partial charge in [0.2, 0.25) is 0 Å². The van der Waals surface area contributed by atoms with Crippen molar-refractivity contribution in [1.29, 1.82) is 5.26 Å². The largest absolute Gasteiger partial charge is 0.490 e. The van der Waals surface area contributed by atoms with Crippen LogP contribution in [0.4, 0.5) is 13.2 Å². The minimum absolute atomic E-state index is 0.197. The molecule has 0 bridgehead atoms. The van der Waals surface area contributed by atoms with Gasteiger partial charge < -0.3 is 15.9 Å². The highest BCUT2D eigenvalue weighted by molar-refractivity contribution is 5.90. The standard InChI is InChI=1S/C15H15N5O2.C2HF3O2/c16-7-10(17)4-6-20-14(15(21)22)12-2-1-9-8-18-5-3-11(9)13(12)19-20;3-2(4,5)1(6)7/h3,5,8,10H,1-2,4,6,17H2,(H,21,22);(H,6,7). The van der Waals surface area contributed by atoms with Crippen LogP contribution >= 0.6 is 0 Å². The van der Waals surface area contributed by atoms with Crippen LogP contribution in [0.25, 0.3) is 11.3 Å². The highest BCUT2D eigenvalue weighted by Gasteiger charge is 2.38. The molecule has 0 radical (unpaired) electrons. The molecule has 154 valence electrons. The summed E-state index contributed by atoms with van der Waals surface area (Å²) in [7, 11) is 0. The number of nitrogens with zero attached hydrogens (tertiary/aromatic N) is 4. The SMILES string of the molecule is N#CC(N)CCn1nc2c(c1C(=O)O)CCc1cnccc1-2.O=C(O)C(F)(F)F. The molecular formula is C17H16F3N5O4. The molecule has 0 aromatic carbocycles. The molecule has 1 aliphatic carbocycles. The Morgan fingerprint density at radius 3 is 2.55 bits per heavy atom. The normalized spacial score (nSPS) is 13.2. The van der Waals surface area contributed by atoms with Crippen LogP contribution in [-0.2, 0) is 24.2 Å². The number of fused-ring (bicyclic) bond motifs is 3. The molecule has 0 saturated carbocycles. The van der Waals surface area contributed by atoms with Gasteiger partial charge in [-0.05, 0) is 30.9 Å². The summed E-state index contributed by atoms with van der Waals surface area (Å²) in [5, 5.41) is 29.9. The van der Waals surface area contributed by atoms with Crippen LogP contribution in [-0.4, -0.2) is 49.1 Å². The zero-order valence-electron chi connectivity index (χ0n) is 14.8. The van der Waals surface area contributed by atoms with Crippen LogP contribution in [0.3, 0.4) is 0 Å². The second-order valence-corrected chi connectivity index (χ2v) is 6.06. The van der Waals surface area contributed by atoms with Crippen LogP contribution in [0.2, 0.25) is 0 Å². The van der Waals surface area contributed by atoms with Gasteiger partial charge in [0.15, 0.2) is 0 Å². The predicted molar refractivity (Wildman–Crippen MR) is 91.7 cm³/mol. The van der Waals surface area contributed by atoms with Gasteiger partial charge in [-0.3, -0.25) is 9.67 Å². The van der Waals surface area contributed by atoms with Gasteiger partial charge in [0.1, 0.15) is 5.69 Å². The van der Waals surface area contributed by atoms with Gasteiger partial charge in [-0.1, -0.05) is 0 Å². The Bertz CT molecular complexity index is 965. The maximum atomic E-state index is 11.6. The van der Waals surface area contributed by atoms with E-state index >= 15 is 0 Å². The molecule has 1 aliphatic rings. The molecule has 29 heavy (non-hydrogen) atoms. The molecule has 12 heteroatoms. The predicted octanol–water partition coefficient (Wildman–Crippen LogP) is 1.62. The number of hydrogen-bond donors (Lipinski definition) is 3. The van der Waals surface area contributed by atoms with Gasteiger partial charge in [0.05, 0.1) is 17.8 Å². The van der Waals surface area contributed by atoms with Crippen molar-refractivity contribution in [2.75, 3.05) is 0 Å². The Morgan fingerprint density at radius 2 is 2.00 bits per heavy atom. The van der Waals surface area contributed by atoms with Gasteiger partial charge in [0.25, 0.3) is 0 Å². The molecule has 3 rings (SSSR count). The maximum absolute atomic E-state index is 11.6. The molecule has 1 unspecified atom stereocenters. The molecule has 0 amide bonds. The number of alkyl halides is 3. The van der Waals surface area contributed by atoms with Crippen LogP contribution in [0, 0.1) is 11.3 Å². The third-order valence-electron chi connectivity index (χ3n) is 4.12. The lowest BCUT2D eigenvalue weighted by atomic mass is 9.90. The Hall–Kier alpha value is -3.46. The van der Waals surface area contributed by atoms with E-state index < -0.39 is 24.2 Å². The number of halogens is 3. The number of nitrogens with two attached hydrogens (primary N) is 1. The maximum Gasteiger partial charge on any atom is 0.490 e. The molecule has 0 spiro atoms. The van der Waals surface area contributed by atoms with Gasteiger partial charge in [0, 0.05) is 30.1 Å². The van der Waals surface area contributed by atoms with Crippen molar-refractivity contribution in [3.05, 3.63) is 35.3 Å². The first-order valence-electron chi connectivity index (χ1n) is 8.27. The van der Waals surface area contributed by atoms with E-state index in [1.54, 1.807) is 12.4 Å². The highest BCUT2D eigenvalue weighted by Crippen LogP contribution is 2.34. The topological polar surface area (TPSA) is 155 Å². The minimum Gasteiger partial charge on any atom is -0.477 e. The van der Waals surface area contributed by atoms with E-state index in [0.29, 0.717) is 25.1 Å². The Kier molecular flexibility index (Phi) is 6.55. The van der Waals surface area contributed by atoms with Gasteiger partial charge in [-0.2, -0.15) is 23.5 Å². The molecule has 9 nitrogen and oxygen atoms in total. The number of carboxylic acids is 2.